The molecule has 0 saturated carbocycles. The van der Waals surface area contributed by atoms with E-state index >= 15 is 0 Å². The van der Waals surface area contributed by atoms with Crippen molar-refractivity contribution in [3.8, 4) is 0 Å². The third-order valence-electron chi connectivity index (χ3n) is 1.38. The number of hydrogen-bond donors (Lipinski definition) is 1. The van der Waals surface area contributed by atoms with E-state index in [0.717, 1.165) is 12.2 Å². The van der Waals surface area contributed by atoms with Gasteiger partial charge in [-0.1, -0.05) is 0 Å². The summed E-state index contributed by atoms with van der Waals surface area (Å²) in [5, 5.41) is 8.45. The highest BCUT2D eigenvalue weighted by Crippen LogP contribution is 2.17. The van der Waals surface area contributed by atoms with E-state index in [1.807, 2.05) is 0 Å². The molecule has 1 rings (SSSR count). The first-order chi connectivity index (χ1) is 5.65. The molecule has 0 spiro atoms. The molecule has 0 aromatic carbocycles. The summed E-state index contributed by atoms with van der Waals surface area (Å²) >= 11 is 0.185. The van der Waals surface area contributed by atoms with Crippen molar-refractivity contribution in [2.24, 2.45) is 0 Å². The lowest BCUT2D eigenvalue weighted by atomic mass is 10.1. The molecule has 1 N–H and O–H groups in total. The average Bonchev–Trinajstić information content (AvgIpc) is 2.05. The molecule has 0 heterocycles. The zero-order valence-electron chi connectivity index (χ0n) is 5.91. The Hall–Kier alpha value is -1.23. The van der Waals surface area contributed by atoms with E-state index in [2.05, 4.69) is 0 Å². The van der Waals surface area contributed by atoms with Crippen molar-refractivity contribution in [2.45, 2.75) is 6.42 Å². The average molecular weight is 188 g/mol. The molecule has 0 radical (unpaired) electrons. The Morgan fingerprint density at radius 2 is 2.33 bits per heavy atom. The van der Waals surface area contributed by atoms with Gasteiger partial charge in [-0.3, -0.25) is 0 Å². The maximum Gasteiger partial charge on any atom is 0.338 e. The maximum absolute atomic E-state index is 12.7. The summed E-state index contributed by atoms with van der Waals surface area (Å²) in [6.07, 6.45) is 2.33. The molecule has 0 aromatic rings. The van der Waals surface area contributed by atoms with Crippen LogP contribution in [0.5, 0.6) is 0 Å². The van der Waals surface area contributed by atoms with E-state index in [1.165, 1.54) is 0 Å². The zero-order chi connectivity index (χ0) is 9.14. The van der Waals surface area contributed by atoms with Crippen molar-refractivity contribution >= 4 is 22.1 Å². The number of carboxylic acids is 1. The quantitative estimate of drug-likeness (QED) is 0.614. The molecule has 12 heavy (non-hydrogen) atoms. The second-order valence-electron chi connectivity index (χ2n) is 2.17. The monoisotopic (exact) mass is 188 g/mol. The number of halogens is 1. The summed E-state index contributed by atoms with van der Waals surface area (Å²) in [5.74, 6) is -2.13. The van der Waals surface area contributed by atoms with Crippen LogP contribution in [0.15, 0.2) is 23.6 Å². The molecule has 1 aliphatic rings. The smallest absolute Gasteiger partial charge is 0.338 e. The van der Waals surface area contributed by atoms with E-state index in [9.17, 15) is 13.4 Å². The number of carboxylic acid groups (broad SMARTS) is 1. The molecule has 0 unspecified atom stereocenters. The molecule has 0 bridgehead atoms. The summed E-state index contributed by atoms with van der Waals surface area (Å²) in [7, 11) is 0. The van der Waals surface area contributed by atoms with Gasteiger partial charge in [0.2, 0.25) is 0 Å². The highest BCUT2D eigenvalue weighted by Gasteiger charge is 2.17. The Balaban J connectivity index is 3.10. The fourth-order valence-corrected chi connectivity index (χ4v) is 1.13. The van der Waals surface area contributed by atoms with Gasteiger partial charge in [0.05, 0.1) is 21.7 Å². The van der Waals surface area contributed by atoms with E-state index < -0.39 is 17.4 Å². The van der Waals surface area contributed by atoms with Crippen molar-refractivity contribution in [2.75, 3.05) is 0 Å². The lowest BCUT2D eigenvalue weighted by Crippen LogP contribution is -2.08. The van der Waals surface area contributed by atoms with E-state index in [4.69, 9.17) is 5.11 Å². The van der Waals surface area contributed by atoms with Crippen LogP contribution in [0.4, 0.5) is 4.39 Å². The molecular weight excluding hydrogens is 183 g/mol. The van der Waals surface area contributed by atoms with Crippen LogP contribution in [0, 0.1) is 0 Å². The highest BCUT2D eigenvalue weighted by molar-refractivity contribution is 7.67. The van der Waals surface area contributed by atoms with Gasteiger partial charge in [0, 0.05) is 6.42 Å². The second-order valence-corrected chi connectivity index (χ2v) is 2.86. The third kappa shape index (κ3) is 1.68. The fourth-order valence-electron chi connectivity index (χ4n) is 0.811. The van der Waals surface area contributed by atoms with Crippen molar-refractivity contribution in [1.82, 2.24) is 0 Å². The molecule has 0 fully saturated rings. The van der Waals surface area contributed by atoms with E-state index in [-0.39, 0.29) is 17.7 Å². The number of carbonyl (C=O) groups is 1. The van der Waals surface area contributed by atoms with E-state index in [0.29, 0.717) is 4.86 Å². The van der Waals surface area contributed by atoms with Crippen LogP contribution in [0.3, 0.4) is 0 Å². The highest BCUT2D eigenvalue weighted by atomic mass is 32.1. The standard InChI is InChI=1S/C7H5FO3S/c8-6-2-1-4(12-11)3-5(6)7(9)10/h2-3H,1H2,(H,9,10). The van der Waals surface area contributed by atoms with Crippen molar-refractivity contribution < 1.29 is 18.5 Å². The first-order valence-corrected chi connectivity index (χ1v) is 3.86. The normalized spacial score (nSPS) is 16.6. The Bertz CT molecular complexity index is 337. The second kappa shape index (κ2) is 3.44. The van der Waals surface area contributed by atoms with Gasteiger partial charge < -0.3 is 5.11 Å². The summed E-state index contributed by atoms with van der Waals surface area (Å²) in [6.45, 7) is 0. The summed E-state index contributed by atoms with van der Waals surface area (Å²) in [6, 6.07) is 0. The number of allylic oxidation sites excluding steroid dienone is 2. The molecule has 0 saturated heterocycles. The van der Waals surface area contributed by atoms with E-state index in [1.54, 1.807) is 0 Å². The zero-order valence-corrected chi connectivity index (χ0v) is 6.73. The van der Waals surface area contributed by atoms with Crippen LogP contribution >= 0.6 is 0 Å². The van der Waals surface area contributed by atoms with Crippen molar-refractivity contribution in [1.29, 1.82) is 0 Å². The molecular formula is C7H5FO3S. The minimum Gasteiger partial charge on any atom is -0.478 e. The molecule has 0 aromatic heterocycles. The number of rotatable bonds is 1. The predicted octanol–water partition coefficient (Wildman–Crippen LogP) is 0.640. The first-order valence-electron chi connectivity index (χ1n) is 3.12. The molecule has 5 heteroatoms. The van der Waals surface area contributed by atoms with Gasteiger partial charge in [-0.05, 0) is 12.2 Å². The Morgan fingerprint density at radius 1 is 1.67 bits per heavy atom. The molecule has 0 aliphatic heterocycles. The Labute approximate surface area is 71.3 Å². The summed E-state index contributed by atoms with van der Waals surface area (Å²) < 4.78 is 22.9. The van der Waals surface area contributed by atoms with Gasteiger partial charge in [-0.25, -0.2) is 13.4 Å². The Morgan fingerprint density at radius 3 is 2.83 bits per heavy atom. The first kappa shape index (κ1) is 8.86. The molecule has 64 valence electrons. The number of aliphatic carboxylic acids is 1. The minimum atomic E-state index is -1.35. The van der Waals surface area contributed by atoms with Gasteiger partial charge in [0.25, 0.3) is 0 Å². The van der Waals surface area contributed by atoms with Gasteiger partial charge in [-0.2, -0.15) is 0 Å². The van der Waals surface area contributed by atoms with Crippen LogP contribution in [-0.2, 0) is 16.1 Å². The molecule has 3 nitrogen and oxygen atoms in total. The molecule has 1 aliphatic carbocycles. The lowest BCUT2D eigenvalue weighted by Gasteiger charge is -2.04. The fraction of sp³-hybridized carbons (Fsp3) is 0.143. The van der Waals surface area contributed by atoms with Crippen LogP contribution in [-0.4, -0.2) is 20.1 Å². The van der Waals surface area contributed by atoms with Crippen molar-refractivity contribution in [3.63, 3.8) is 0 Å². The largest absolute Gasteiger partial charge is 0.478 e. The predicted molar refractivity (Wildman–Crippen MR) is 42.7 cm³/mol. The van der Waals surface area contributed by atoms with Gasteiger partial charge >= 0.3 is 5.97 Å². The van der Waals surface area contributed by atoms with Crippen LogP contribution in [0.1, 0.15) is 6.42 Å². The molecule has 0 atom stereocenters. The summed E-state index contributed by atoms with van der Waals surface area (Å²) in [5.41, 5.74) is -0.445. The summed E-state index contributed by atoms with van der Waals surface area (Å²) in [4.78, 5) is 10.7. The van der Waals surface area contributed by atoms with Gasteiger partial charge in [-0.15, -0.1) is 0 Å². The molecule has 0 amide bonds. The Kier molecular flexibility index (Phi) is 2.54. The SMILES string of the molecule is O=S=C1C=C(C(=O)O)C(F)=CC1. The van der Waals surface area contributed by atoms with Gasteiger partial charge in [0.1, 0.15) is 5.83 Å². The van der Waals surface area contributed by atoms with Crippen molar-refractivity contribution in [3.05, 3.63) is 23.6 Å². The number of hydrogen-bond acceptors (Lipinski definition) is 2. The van der Waals surface area contributed by atoms with Crippen LogP contribution in [0.2, 0.25) is 0 Å². The lowest BCUT2D eigenvalue weighted by molar-refractivity contribution is -0.132. The van der Waals surface area contributed by atoms with Crippen LogP contribution in [0.25, 0.3) is 0 Å². The van der Waals surface area contributed by atoms with Gasteiger partial charge in [0.15, 0.2) is 0 Å². The topological polar surface area (TPSA) is 54.4 Å². The maximum atomic E-state index is 12.7. The van der Waals surface area contributed by atoms with Crippen LogP contribution < -0.4 is 0 Å². The minimum absolute atomic E-state index is 0.177. The third-order valence-corrected chi connectivity index (χ3v) is 1.88.